The molecule has 7 heteroatoms. The van der Waals surface area contributed by atoms with Crippen molar-refractivity contribution in [2.45, 2.75) is 51.0 Å². The maximum atomic E-state index is 12.9. The van der Waals surface area contributed by atoms with Crippen LogP contribution in [0.1, 0.15) is 56.8 Å². The summed E-state index contributed by atoms with van der Waals surface area (Å²) < 4.78 is 7.80. The Kier molecular flexibility index (Phi) is 5.49. The first-order valence-corrected chi connectivity index (χ1v) is 11.3. The molecular formula is C24H29N5O2. The molecule has 1 saturated carbocycles. The number of anilines is 1. The smallest absolute Gasteiger partial charge is 0.321 e. The summed E-state index contributed by atoms with van der Waals surface area (Å²) in [5.74, 6) is 2.46. The van der Waals surface area contributed by atoms with Crippen molar-refractivity contribution < 1.29 is 9.53 Å². The van der Waals surface area contributed by atoms with Crippen molar-refractivity contribution in [3.05, 3.63) is 48.4 Å². The molecule has 7 nitrogen and oxygen atoms in total. The van der Waals surface area contributed by atoms with Crippen LogP contribution in [0.5, 0.6) is 5.75 Å². The predicted octanol–water partition coefficient (Wildman–Crippen LogP) is 4.97. The molecular weight excluding hydrogens is 390 g/mol. The van der Waals surface area contributed by atoms with Crippen LogP contribution in [0.3, 0.4) is 0 Å². The largest absolute Gasteiger partial charge is 0.494 e. The van der Waals surface area contributed by atoms with E-state index in [1.807, 2.05) is 54.4 Å². The van der Waals surface area contributed by atoms with Crippen molar-refractivity contribution in [2.24, 2.45) is 0 Å². The summed E-state index contributed by atoms with van der Waals surface area (Å²) in [5, 5.41) is 3.02. The first-order valence-electron chi connectivity index (χ1n) is 11.3. The number of rotatable bonds is 5. The minimum atomic E-state index is -0.0635. The van der Waals surface area contributed by atoms with Crippen molar-refractivity contribution in [2.75, 3.05) is 25.0 Å². The Balaban J connectivity index is 1.33. The zero-order valence-electron chi connectivity index (χ0n) is 18.0. The number of carbonyl (C=O) groups is 1. The molecule has 0 unspecified atom stereocenters. The van der Waals surface area contributed by atoms with E-state index in [9.17, 15) is 4.79 Å². The second-order valence-electron chi connectivity index (χ2n) is 8.44. The van der Waals surface area contributed by atoms with Crippen molar-refractivity contribution in [3.63, 3.8) is 0 Å². The Hall–Kier alpha value is -3.09. The number of carbonyl (C=O) groups excluding carboxylic acids is 1. The van der Waals surface area contributed by atoms with Gasteiger partial charge in [-0.3, -0.25) is 0 Å². The highest BCUT2D eigenvalue weighted by Crippen LogP contribution is 2.38. The van der Waals surface area contributed by atoms with Gasteiger partial charge in [0.1, 0.15) is 17.1 Å². The Bertz CT molecular complexity index is 1060. The summed E-state index contributed by atoms with van der Waals surface area (Å²) in [5.41, 5.74) is 2.68. The fourth-order valence-electron chi connectivity index (χ4n) is 4.92. The molecule has 31 heavy (non-hydrogen) atoms. The van der Waals surface area contributed by atoms with Crippen LogP contribution in [-0.4, -0.2) is 45.2 Å². The highest BCUT2D eigenvalue weighted by atomic mass is 16.5. The van der Waals surface area contributed by atoms with E-state index in [1.54, 1.807) is 0 Å². The van der Waals surface area contributed by atoms with Gasteiger partial charge in [-0.1, -0.05) is 12.8 Å². The van der Waals surface area contributed by atoms with Gasteiger partial charge in [-0.2, -0.15) is 0 Å². The molecule has 1 atom stereocenters. The van der Waals surface area contributed by atoms with Gasteiger partial charge in [-0.25, -0.2) is 14.8 Å². The minimum absolute atomic E-state index is 0.0635. The maximum Gasteiger partial charge on any atom is 0.321 e. The zero-order valence-corrected chi connectivity index (χ0v) is 18.0. The van der Waals surface area contributed by atoms with E-state index in [0.717, 1.165) is 41.4 Å². The maximum absolute atomic E-state index is 12.9. The van der Waals surface area contributed by atoms with E-state index in [2.05, 4.69) is 14.9 Å². The number of ether oxygens (including phenoxy) is 1. The summed E-state index contributed by atoms with van der Waals surface area (Å²) in [4.78, 5) is 24.4. The topological polar surface area (TPSA) is 72.3 Å². The Morgan fingerprint density at radius 1 is 1.16 bits per heavy atom. The summed E-state index contributed by atoms with van der Waals surface area (Å²) in [7, 11) is 0. The lowest BCUT2D eigenvalue weighted by Crippen LogP contribution is -2.33. The van der Waals surface area contributed by atoms with Gasteiger partial charge in [0.05, 0.1) is 12.6 Å². The average molecular weight is 420 g/mol. The first-order chi connectivity index (χ1) is 15.2. The third kappa shape index (κ3) is 3.96. The van der Waals surface area contributed by atoms with Gasteiger partial charge in [-0.05, 0) is 62.6 Å². The van der Waals surface area contributed by atoms with E-state index >= 15 is 0 Å². The van der Waals surface area contributed by atoms with Gasteiger partial charge in [0.15, 0.2) is 5.65 Å². The zero-order chi connectivity index (χ0) is 21.2. The molecule has 162 valence electrons. The lowest BCUT2D eigenvalue weighted by atomic mass is 10.1. The van der Waals surface area contributed by atoms with Crippen molar-refractivity contribution in [1.29, 1.82) is 0 Å². The Labute approximate surface area is 182 Å². The number of aromatic nitrogens is 3. The van der Waals surface area contributed by atoms with Crippen LogP contribution < -0.4 is 10.1 Å². The number of imidazole rings is 1. The molecule has 2 aliphatic rings. The molecule has 2 amide bonds. The SMILES string of the molecule is CCOc1ccc(NC(=O)N2CC[C@H](n3c(C4CCCC4)nc4cccnc43)C2)cc1. The summed E-state index contributed by atoms with van der Waals surface area (Å²) in [6, 6.07) is 11.6. The minimum Gasteiger partial charge on any atom is -0.494 e. The van der Waals surface area contributed by atoms with Crippen LogP contribution in [0.15, 0.2) is 42.6 Å². The third-order valence-corrected chi connectivity index (χ3v) is 6.43. The molecule has 2 aromatic heterocycles. The predicted molar refractivity (Wildman–Crippen MR) is 121 cm³/mol. The van der Waals surface area contributed by atoms with E-state index in [0.29, 0.717) is 19.1 Å². The molecule has 5 rings (SSSR count). The lowest BCUT2D eigenvalue weighted by Gasteiger charge is -2.21. The summed E-state index contributed by atoms with van der Waals surface area (Å²) in [6.07, 6.45) is 7.67. The molecule has 0 spiro atoms. The van der Waals surface area contributed by atoms with E-state index in [1.165, 1.54) is 25.7 Å². The fraction of sp³-hybridized carbons (Fsp3) is 0.458. The second kappa shape index (κ2) is 8.57. The average Bonchev–Trinajstić information content (AvgIpc) is 3.53. The molecule has 0 bridgehead atoms. The van der Waals surface area contributed by atoms with Gasteiger partial charge >= 0.3 is 6.03 Å². The number of likely N-dealkylation sites (tertiary alicyclic amines) is 1. The van der Waals surface area contributed by atoms with Crippen LogP contribution in [0.4, 0.5) is 10.5 Å². The Morgan fingerprint density at radius 2 is 1.97 bits per heavy atom. The molecule has 0 radical (unpaired) electrons. The number of fused-ring (bicyclic) bond motifs is 1. The van der Waals surface area contributed by atoms with Gasteiger partial charge in [0.2, 0.25) is 0 Å². The van der Waals surface area contributed by atoms with Crippen molar-refractivity contribution in [3.8, 4) is 5.75 Å². The Morgan fingerprint density at radius 3 is 2.74 bits per heavy atom. The van der Waals surface area contributed by atoms with Crippen LogP contribution in [-0.2, 0) is 0 Å². The van der Waals surface area contributed by atoms with Crippen LogP contribution in [0.25, 0.3) is 11.2 Å². The molecule has 1 aromatic carbocycles. The number of hydrogen-bond acceptors (Lipinski definition) is 4. The fourth-order valence-corrected chi connectivity index (χ4v) is 4.92. The number of pyridine rings is 1. The molecule has 1 saturated heterocycles. The molecule has 1 aliphatic carbocycles. The number of nitrogens with zero attached hydrogens (tertiary/aromatic N) is 4. The summed E-state index contributed by atoms with van der Waals surface area (Å²) in [6.45, 7) is 3.98. The molecule has 3 heterocycles. The molecule has 3 aromatic rings. The monoisotopic (exact) mass is 419 g/mol. The molecule has 1 N–H and O–H groups in total. The van der Waals surface area contributed by atoms with Crippen molar-refractivity contribution >= 4 is 22.9 Å². The van der Waals surface area contributed by atoms with E-state index in [-0.39, 0.29) is 12.1 Å². The van der Waals surface area contributed by atoms with Gasteiger partial charge in [0, 0.05) is 30.9 Å². The number of amides is 2. The molecule has 1 aliphatic heterocycles. The van der Waals surface area contributed by atoms with E-state index in [4.69, 9.17) is 9.72 Å². The number of nitrogens with one attached hydrogen (secondary N) is 1. The highest BCUT2D eigenvalue weighted by molar-refractivity contribution is 5.89. The summed E-state index contributed by atoms with van der Waals surface area (Å²) >= 11 is 0. The van der Waals surface area contributed by atoms with Gasteiger partial charge < -0.3 is 19.5 Å². The van der Waals surface area contributed by atoms with Gasteiger partial charge in [-0.15, -0.1) is 0 Å². The lowest BCUT2D eigenvalue weighted by molar-refractivity contribution is 0.221. The van der Waals surface area contributed by atoms with E-state index < -0.39 is 0 Å². The highest BCUT2D eigenvalue weighted by Gasteiger charge is 2.33. The van der Waals surface area contributed by atoms with Crippen molar-refractivity contribution in [1.82, 2.24) is 19.4 Å². The third-order valence-electron chi connectivity index (χ3n) is 6.43. The second-order valence-corrected chi connectivity index (χ2v) is 8.44. The number of hydrogen-bond donors (Lipinski definition) is 1. The molecule has 2 fully saturated rings. The first kappa shape index (κ1) is 19.8. The van der Waals surface area contributed by atoms with Crippen LogP contribution in [0, 0.1) is 0 Å². The van der Waals surface area contributed by atoms with Crippen LogP contribution >= 0.6 is 0 Å². The standard InChI is InChI=1S/C24H29N5O2/c1-2-31-20-11-9-18(10-12-20)26-24(30)28-15-13-19(16-28)29-22(17-6-3-4-7-17)27-21-8-5-14-25-23(21)29/h5,8-12,14,17,19H,2-4,6-7,13,15-16H2,1H3,(H,26,30)/t19-/m0/s1. The normalized spacial score (nSPS) is 19.3. The number of urea groups is 1. The quantitative estimate of drug-likeness (QED) is 0.634. The number of benzene rings is 1. The van der Waals surface area contributed by atoms with Gasteiger partial charge in [0.25, 0.3) is 0 Å². The van der Waals surface area contributed by atoms with Crippen LogP contribution in [0.2, 0.25) is 0 Å².